The van der Waals surface area contributed by atoms with E-state index in [-0.39, 0.29) is 40.7 Å². The summed E-state index contributed by atoms with van der Waals surface area (Å²) in [5, 5.41) is 21.2. The number of carboxylic acids is 2. The second-order valence-corrected chi connectivity index (χ2v) is 3.73. The van der Waals surface area contributed by atoms with Crippen molar-refractivity contribution in [2.75, 3.05) is 0 Å². The van der Waals surface area contributed by atoms with Crippen LogP contribution in [0.2, 0.25) is 0 Å². The van der Waals surface area contributed by atoms with Gasteiger partial charge in [-0.15, -0.1) is 0 Å². The predicted molar refractivity (Wildman–Crippen MR) is 66.3 cm³/mol. The van der Waals surface area contributed by atoms with E-state index in [0.29, 0.717) is 0 Å². The molecule has 2 aromatic rings. The van der Waals surface area contributed by atoms with Crippen molar-refractivity contribution in [1.29, 1.82) is 0 Å². The van der Waals surface area contributed by atoms with Crippen LogP contribution in [0.25, 0.3) is 11.1 Å². The van der Waals surface area contributed by atoms with Crippen LogP contribution in [0.5, 0.6) is 0 Å². The SMILES string of the molecule is O=C([O-])c1ccc(-c2ccc(C(=O)[O-])cc2)cc1.[Na]. The zero-order valence-electron chi connectivity index (χ0n) is 10.3. The van der Waals surface area contributed by atoms with Gasteiger partial charge in [0.15, 0.2) is 0 Å². The number of rotatable bonds is 3. The minimum absolute atomic E-state index is 0. The maximum absolute atomic E-state index is 10.6. The van der Waals surface area contributed by atoms with Crippen molar-refractivity contribution in [3.8, 4) is 11.1 Å². The molecule has 2 aromatic carbocycles. The molecular weight excluding hydrogens is 255 g/mol. The monoisotopic (exact) mass is 263 g/mol. The predicted octanol–water partition coefficient (Wildman–Crippen LogP) is -0.300. The Morgan fingerprint density at radius 1 is 0.632 bits per heavy atom. The summed E-state index contributed by atoms with van der Waals surface area (Å²) in [6.45, 7) is 0. The second kappa shape index (κ2) is 6.52. The fourth-order valence-corrected chi connectivity index (χ4v) is 1.60. The summed E-state index contributed by atoms with van der Waals surface area (Å²) in [5.41, 5.74) is 1.80. The van der Waals surface area contributed by atoms with E-state index in [1.54, 1.807) is 24.3 Å². The van der Waals surface area contributed by atoms with Gasteiger partial charge < -0.3 is 19.8 Å². The van der Waals surface area contributed by atoms with Gasteiger partial charge in [0, 0.05) is 29.6 Å². The van der Waals surface area contributed by atoms with Crippen LogP contribution in [0.4, 0.5) is 0 Å². The third-order valence-corrected chi connectivity index (χ3v) is 2.57. The molecule has 0 bridgehead atoms. The Bertz CT molecular complexity index is 532. The molecule has 0 unspecified atom stereocenters. The summed E-state index contributed by atoms with van der Waals surface area (Å²) in [4.78, 5) is 21.2. The third-order valence-electron chi connectivity index (χ3n) is 2.57. The number of carboxylic acid groups (broad SMARTS) is 2. The molecule has 0 fully saturated rings. The topological polar surface area (TPSA) is 80.3 Å². The van der Waals surface area contributed by atoms with Gasteiger partial charge in [0.1, 0.15) is 0 Å². The first kappa shape index (κ1) is 15.4. The van der Waals surface area contributed by atoms with E-state index in [4.69, 9.17) is 0 Å². The van der Waals surface area contributed by atoms with Gasteiger partial charge in [-0.25, -0.2) is 0 Å². The van der Waals surface area contributed by atoms with Crippen LogP contribution in [-0.4, -0.2) is 41.5 Å². The fraction of sp³-hybridized carbons (Fsp3) is 0. The minimum Gasteiger partial charge on any atom is -0.545 e. The summed E-state index contributed by atoms with van der Waals surface area (Å²) >= 11 is 0. The average Bonchev–Trinajstić information content (AvgIpc) is 2.39. The first-order valence-electron chi connectivity index (χ1n) is 5.21. The van der Waals surface area contributed by atoms with Crippen LogP contribution in [0.1, 0.15) is 20.7 Å². The first-order chi connectivity index (χ1) is 8.58. The van der Waals surface area contributed by atoms with E-state index in [1.807, 2.05) is 0 Å². The number of carbonyl (C=O) groups is 2. The Labute approximate surface area is 132 Å². The van der Waals surface area contributed by atoms with E-state index in [0.717, 1.165) is 11.1 Å². The van der Waals surface area contributed by atoms with Gasteiger partial charge in [0.05, 0.1) is 11.9 Å². The first-order valence-corrected chi connectivity index (χ1v) is 5.21. The Hall–Kier alpha value is -1.62. The van der Waals surface area contributed by atoms with Crippen molar-refractivity contribution in [3.05, 3.63) is 59.7 Å². The molecule has 4 nitrogen and oxygen atoms in total. The largest absolute Gasteiger partial charge is 0.545 e. The van der Waals surface area contributed by atoms with Gasteiger partial charge in [-0.2, -0.15) is 0 Å². The minimum atomic E-state index is -1.23. The normalized spacial score (nSPS) is 9.47. The summed E-state index contributed by atoms with van der Waals surface area (Å²) < 4.78 is 0. The van der Waals surface area contributed by atoms with Crippen molar-refractivity contribution in [1.82, 2.24) is 0 Å². The third kappa shape index (κ3) is 3.67. The fourth-order valence-electron chi connectivity index (χ4n) is 1.60. The summed E-state index contributed by atoms with van der Waals surface area (Å²) in [7, 11) is 0. The van der Waals surface area contributed by atoms with Crippen LogP contribution in [0.15, 0.2) is 48.5 Å². The zero-order valence-corrected chi connectivity index (χ0v) is 12.3. The van der Waals surface area contributed by atoms with Gasteiger partial charge in [-0.05, 0) is 22.3 Å². The van der Waals surface area contributed by atoms with Crippen molar-refractivity contribution >= 4 is 41.5 Å². The molecule has 0 amide bonds. The van der Waals surface area contributed by atoms with Crippen LogP contribution < -0.4 is 10.2 Å². The molecule has 19 heavy (non-hydrogen) atoms. The zero-order chi connectivity index (χ0) is 13.1. The van der Waals surface area contributed by atoms with Gasteiger partial charge in [0.25, 0.3) is 0 Å². The summed E-state index contributed by atoms with van der Waals surface area (Å²) in [6.07, 6.45) is 0. The van der Waals surface area contributed by atoms with E-state index in [2.05, 4.69) is 0 Å². The van der Waals surface area contributed by atoms with E-state index < -0.39 is 11.9 Å². The van der Waals surface area contributed by atoms with Gasteiger partial charge in [-0.1, -0.05) is 48.5 Å². The molecule has 0 spiro atoms. The molecule has 0 aliphatic heterocycles. The standard InChI is InChI=1S/C14H10O4.Na/c15-13(16)11-5-1-9(2-6-11)10-3-7-12(8-4-10)14(17)18;/h1-8H,(H,15,16)(H,17,18);/p-2. The molecule has 0 aliphatic rings. The van der Waals surface area contributed by atoms with E-state index >= 15 is 0 Å². The molecule has 91 valence electrons. The Kier molecular flexibility index (Phi) is 5.30. The molecule has 0 aliphatic carbocycles. The average molecular weight is 263 g/mol. The molecule has 1 radical (unpaired) electrons. The van der Waals surface area contributed by atoms with Crippen molar-refractivity contribution < 1.29 is 19.8 Å². The number of carbonyl (C=O) groups excluding carboxylic acids is 2. The molecule has 0 aromatic heterocycles. The number of aromatic carboxylic acids is 2. The molecule has 0 heterocycles. The number of benzene rings is 2. The van der Waals surface area contributed by atoms with Crippen molar-refractivity contribution in [2.45, 2.75) is 0 Å². The van der Waals surface area contributed by atoms with Crippen LogP contribution in [0.3, 0.4) is 0 Å². The van der Waals surface area contributed by atoms with Gasteiger partial charge >= 0.3 is 0 Å². The van der Waals surface area contributed by atoms with E-state index in [1.165, 1.54) is 24.3 Å². The maximum Gasteiger partial charge on any atom is 0.0715 e. The van der Waals surface area contributed by atoms with Crippen LogP contribution in [-0.2, 0) is 0 Å². The molecule has 0 saturated heterocycles. The molecule has 5 heteroatoms. The molecule has 0 N–H and O–H groups in total. The van der Waals surface area contributed by atoms with Crippen molar-refractivity contribution in [3.63, 3.8) is 0 Å². The molecular formula is C14H8NaO4-2. The van der Waals surface area contributed by atoms with E-state index in [9.17, 15) is 19.8 Å². The van der Waals surface area contributed by atoms with Crippen molar-refractivity contribution in [2.24, 2.45) is 0 Å². The smallest absolute Gasteiger partial charge is 0.0715 e. The molecule has 0 atom stereocenters. The maximum atomic E-state index is 10.6. The Balaban J connectivity index is 0.00000180. The molecule has 2 rings (SSSR count). The number of hydrogen-bond donors (Lipinski definition) is 0. The molecule has 0 saturated carbocycles. The summed E-state index contributed by atoms with van der Waals surface area (Å²) in [6, 6.07) is 12.3. The second-order valence-electron chi connectivity index (χ2n) is 3.73. The van der Waals surface area contributed by atoms with Gasteiger partial charge in [0.2, 0.25) is 0 Å². The van der Waals surface area contributed by atoms with Crippen LogP contribution in [0, 0.1) is 0 Å². The number of hydrogen-bond acceptors (Lipinski definition) is 4. The summed E-state index contributed by atoms with van der Waals surface area (Å²) in [5.74, 6) is -2.46. The Morgan fingerprint density at radius 3 is 1.11 bits per heavy atom. The van der Waals surface area contributed by atoms with Crippen LogP contribution >= 0.6 is 0 Å². The van der Waals surface area contributed by atoms with Gasteiger partial charge in [-0.3, -0.25) is 0 Å². The quantitative estimate of drug-likeness (QED) is 0.712. The Morgan fingerprint density at radius 2 is 0.895 bits per heavy atom.